The van der Waals surface area contributed by atoms with E-state index in [0.717, 1.165) is 0 Å². The lowest BCUT2D eigenvalue weighted by molar-refractivity contribution is 0.0128. The molecule has 0 saturated heterocycles. The van der Waals surface area contributed by atoms with Crippen LogP contribution in [0, 0.1) is 0 Å². The van der Waals surface area contributed by atoms with Crippen LogP contribution in [0.1, 0.15) is 51.0 Å². The molecule has 0 fully saturated rings. The van der Waals surface area contributed by atoms with Crippen LogP contribution < -0.4 is 9.47 Å². The number of benzene rings is 2. The molecule has 0 saturated carbocycles. The summed E-state index contributed by atoms with van der Waals surface area (Å²) in [6, 6.07) is 14.4. The minimum Gasteiger partial charge on any atom is -0.491 e. The predicted octanol–water partition coefficient (Wildman–Crippen LogP) is 4.03. The number of aliphatic hydroxyl groups is 2. The van der Waals surface area contributed by atoms with E-state index in [9.17, 15) is 10.2 Å². The van der Waals surface area contributed by atoms with Crippen molar-refractivity contribution >= 4 is 0 Å². The van der Waals surface area contributed by atoms with E-state index in [0.29, 0.717) is 22.6 Å². The first-order chi connectivity index (χ1) is 11.4. The molecule has 0 aliphatic carbocycles. The zero-order valence-corrected chi connectivity index (χ0v) is 14.6. The Morgan fingerprint density at radius 3 is 1.29 bits per heavy atom. The number of para-hydroxylation sites is 2. The van der Waals surface area contributed by atoms with Crippen LogP contribution >= 0.6 is 0 Å². The fourth-order valence-electron chi connectivity index (χ4n) is 2.51. The minimum atomic E-state index is -1.11. The summed E-state index contributed by atoms with van der Waals surface area (Å²) in [5.74, 6) is 1.14. The zero-order chi connectivity index (χ0) is 17.7. The number of aliphatic hydroxyl groups excluding tert-OH is 2. The molecule has 0 aliphatic rings. The number of hydrogen-bond donors (Lipinski definition) is 2. The van der Waals surface area contributed by atoms with Gasteiger partial charge in [0, 0.05) is 11.1 Å². The first kappa shape index (κ1) is 18.3. The molecule has 0 aliphatic heterocycles. The summed E-state index contributed by atoms with van der Waals surface area (Å²) in [6.07, 6.45) is -2.27. The van der Waals surface area contributed by atoms with Crippen LogP contribution in [0.25, 0.3) is 0 Å². The van der Waals surface area contributed by atoms with Crippen molar-refractivity contribution in [2.45, 2.75) is 52.1 Å². The van der Waals surface area contributed by atoms with Crippen molar-refractivity contribution in [3.63, 3.8) is 0 Å². The Bertz CT molecular complexity index is 594. The largest absolute Gasteiger partial charge is 0.491 e. The van der Waals surface area contributed by atoms with Gasteiger partial charge in [0.2, 0.25) is 0 Å². The third-order valence-corrected chi connectivity index (χ3v) is 3.50. The lowest BCUT2D eigenvalue weighted by Gasteiger charge is -2.24. The van der Waals surface area contributed by atoms with Crippen LogP contribution in [0.2, 0.25) is 0 Å². The number of rotatable bonds is 7. The molecule has 2 aromatic carbocycles. The Morgan fingerprint density at radius 2 is 0.958 bits per heavy atom. The monoisotopic (exact) mass is 330 g/mol. The molecule has 0 amide bonds. The molecule has 0 radical (unpaired) electrons. The standard InChI is InChI=1S/C20H26O4/c1-13(2)23-17-11-7-5-9-15(17)19(21)20(22)16-10-6-8-12-18(16)24-14(3)4/h5-14,19-22H,1-4H3/t19-,20-/m1/s1. The summed E-state index contributed by atoms with van der Waals surface area (Å²) in [7, 11) is 0. The fraction of sp³-hybridized carbons (Fsp3) is 0.400. The van der Waals surface area contributed by atoms with E-state index in [1.54, 1.807) is 24.3 Å². The molecule has 2 rings (SSSR count). The van der Waals surface area contributed by atoms with Crippen LogP contribution in [0.4, 0.5) is 0 Å². The second-order valence-corrected chi connectivity index (χ2v) is 6.30. The van der Waals surface area contributed by atoms with Gasteiger partial charge in [-0.25, -0.2) is 0 Å². The smallest absolute Gasteiger partial charge is 0.125 e. The highest BCUT2D eigenvalue weighted by Crippen LogP contribution is 2.38. The molecule has 0 heterocycles. The van der Waals surface area contributed by atoms with Crippen LogP contribution in [-0.2, 0) is 0 Å². The van der Waals surface area contributed by atoms with E-state index in [1.807, 2.05) is 52.0 Å². The third kappa shape index (κ3) is 4.49. The van der Waals surface area contributed by atoms with Gasteiger partial charge in [-0.2, -0.15) is 0 Å². The van der Waals surface area contributed by atoms with Gasteiger partial charge >= 0.3 is 0 Å². The summed E-state index contributed by atoms with van der Waals surface area (Å²) < 4.78 is 11.5. The fourth-order valence-corrected chi connectivity index (χ4v) is 2.51. The SMILES string of the molecule is CC(C)Oc1ccccc1[C@@H](O)[C@H](O)c1ccccc1OC(C)C. The average Bonchev–Trinajstić information content (AvgIpc) is 2.53. The first-order valence-electron chi connectivity index (χ1n) is 8.27. The second kappa shape index (κ2) is 8.18. The minimum absolute atomic E-state index is 0.0212. The van der Waals surface area contributed by atoms with Crippen molar-refractivity contribution in [1.29, 1.82) is 0 Å². The van der Waals surface area contributed by atoms with E-state index >= 15 is 0 Å². The molecule has 2 atom stereocenters. The van der Waals surface area contributed by atoms with E-state index in [2.05, 4.69) is 0 Å². The highest BCUT2D eigenvalue weighted by atomic mass is 16.5. The summed E-state index contributed by atoms with van der Waals surface area (Å²) >= 11 is 0. The summed E-state index contributed by atoms with van der Waals surface area (Å²) in [4.78, 5) is 0. The molecular formula is C20H26O4. The van der Waals surface area contributed by atoms with Crippen molar-refractivity contribution in [2.75, 3.05) is 0 Å². The maximum atomic E-state index is 10.7. The Morgan fingerprint density at radius 1 is 0.625 bits per heavy atom. The van der Waals surface area contributed by atoms with E-state index in [4.69, 9.17) is 9.47 Å². The Labute approximate surface area is 143 Å². The Hall–Kier alpha value is -2.04. The maximum Gasteiger partial charge on any atom is 0.125 e. The lowest BCUT2D eigenvalue weighted by atomic mass is 9.97. The number of ether oxygens (including phenoxy) is 2. The quantitative estimate of drug-likeness (QED) is 0.805. The van der Waals surface area contributed by atoms with Gasteiger partial charge in [-0.05, 0) is 39.8 Å². The molecule has 24 heavy (non-hydrogen) atoms. The average molecular weight is 330 g/mol. The van der Waals surface area contributed by atoms with Gasteiger partial charge in [-0.3, -0.25) is 0 Å². The van der Waals surface area contributed by atoms with Gasteiger partial charge in [0.1, 0.15) is 23.7 Å². The first-order valence-corrected chi connectivity index (χ1v) is 8.27. The van der Waals surface area contributed by atoms with Crippen molar-refractivity contribution in [1.82, 2.24) is 0 Å². The summed E-state index contributed by atoms with van der Waals surface area (Å²) in [6.45, 7) is 7.69. The van der Waals surface area contributed by atoms with Crippen molar-refractivity contribution in [2.24, 2.45) is 0 Å². The zero-order valence-electron chi connectivity index (χ0n) is 14.6. The molecule has 2 aromatic rings. The molecule has 2 N–H and O–H groups in total. The van der Waals surface area contributed by atoms with Crippen molar-refractivity contribution < 1.29 is 19.7 Å². The molecular weight excluding hydrogens is 304 g/mol. The molecule has 0 aromatic heterocycles. The van der Waals surface area contributed by atoms with E-state index < -0.39 is 12.2 Å². The summed E-state index contributed by atoms with van der Waals surface area (Å²) in [5, 5.41) is 21.4. The van der Waals surface area contributed by atoms with Gasteiger partial charge in [-0.15, -0.1) is 0 Å². The molecule has 4 heteroatoms. The van der Waals surface area contributed by atoms with Gasteiger partial charge in [-0.1, -0.05) is 36.4 Å². The Kier molecular flexibility index (Phi) is 6.23. The molecule has 0 spiro atoms. The molecule has 130 valence electrons. The van der Waals surface area contributed by atoms with E-state index in [-0.39, 0.29) is 12.2 Å². The van der Waals surface area contributed by atoms with Gasteiger partial charge in [0.05, 0.1) is 12.2 Å². The molecule has 0 unspecified atom stereocenters. The van der Waals surface area contributed by atoms with Crippen molar-refractivity contribution in [3.05, 3.63) is 59.7 Å². The van der Waals surface area contributed by atoms with Crippen LogP contribution in [-0.4, -0.2) is 22.4 Å². The highest BCUT2D eigenvalue weighted by Gasteiger charge is 2.26. The maximum absolute atomic E-state index is 10.7. The van der Waals surface area contributed by atoms with Crippen molar-refractivity contribution in [3.8, 4) is 11.5 Å². The number of hydrogen-bond acceptors (Lipinski definition) is 4. The van der Waals surface area contributed by atoms with Gasteiger partial charge in [0.15, 0.2) is 0 Å². The van der Waals surface area contributed by atoms with Crippen LogP contribution in [0.5, 0.6) is 11.5 Å². The second-order valence-electron chi connectivity index (χ2n) is 6.30. The van der Waals surface area contributed by atoms with Crippen LogP contribution in [0.3, 0.4) is 0 Å². The topological polar surface area (TPSA) is 58.9 Å². The highest BCUT2D eigenvalue weighted by molar-refractivity contribution is 5.40. The third-order valence-electron chi connectivity index (χ3n) is 3.50. The molecule has 4 nitrogen and oxygen atoms in total. The molecule has 0 bridgehead atoms. The normalized spacial score (nSPS) is 13.8. The van der Waals surface area contributed by atoms with E-state index in [1.165, 1.54) is 0 Å². The van der Waals surface area contributed by atoms with Gasteiger partial charge in [0.25, 0.3) is 0 Å². The lowest BCUT2D eigenvalue weighted by Crippen LogP contribution is -2.16. The summed E-state index contributed by atoms with van der Waals surface area (Å²) in [5.41, 5.74) is 1.11. The van der Waals surface area contributed by atoms with Gasteiger partial charge < -0.3 is 19.7 Å². The Balaban J connectivity index is 2.32. The van der Waals surface area contributed by atoms with Crippen LogP contribution in [0.15, 0.2) is 48.5 Å². The predicted molar refractivity (Wildman–Crippen MR) is 94.3 cm³/mol.